The molecular formula is C23H25N3O6S. The van der Waals surface area contributed by atoms with E-state index >= 15 is 0 Å². The van der Waals surface area contributed by atoms with Gasteiger partial charge in [-0.1, -0.05) is 30.3 Å². The standard InChI is InChI=1S/C23H25N3O6S/c1-5-31-22(29)18-16(25-23(30)26-19(18)15-9-7-6-8-10-15)11-32-21(28)17-12(2)13(3)33-20(17)24-14(4)27/h6-10,19H,5,11H2,1-4H3,(H,24,27)(H2,25,26,30)/t19-/m0/s1. The first kappa shape index (κ1) is 24.0. The van der Waals surface area contributed by atoms with E-state index in [9.17, 15) is 19.2 Å². The highest BCUT2D eigenvalue weighted by atomic mass is 32.1. The van der Waals surface area contributed by atoms with Crippen LogP contribution in [-0.4, -0.2) is 37.1 Å². The number of anilines is 1. The number of esters is 2. The zero-order valence-corrected chi connectivity index (χ0v) is 19.6. The van der Waals surface area contributed by atoms with Crippen LogP contribution < -0.4 is 16.0 Å². The van der Waals surface area contributed by atoms with E-state index in [2.05, 4.69) is 16.0 Å². The average Bonchev–Trinajstić information content (AvgIpc) is 3.04. The Morgan fingerprint density at radius 3 is 2.42 bits per heavy atom. The molecule has 1 aliphatic rings. The summed E-state index contributed by atoms with van der Waals surface area (Å²) in [5.74, 6) is -1.62. The molecule has 174 valence electrons. The van der Waals surface area contributed by atoms with Gasteiger partial charge >= 0.3 is 18.0 Å². The predicted molar refractivity (Wildman–Crippen MR) is 123 cm³/mol. The maximum Gasteiger partial charge on any atom is 0.341 e. The Morgan fingerprint density at radius 1 is 1.09 bits per heavy atom. The topological polar surface area (TPSA) is 123 Å². The summed E-state index contributed by atoms with van der Waals surface area (Å²) in [4.78, 5) is 50.4. The summed E-state index contributed by atoms with van der Waals surface area (Å²) < 4.78 is 10.7. The first-order chi connectivity index (χ1) is 15.7. The van der Waals surface area contributed by atoms with Crippen molar-refractivity contribution in [2.75, 3.05) is 18.5 Å². The van der Waals surface area contributed by atoms with Crippen LogP contribution in [0.4, 0.5) is 9.80 Å². The van der Waals surface area contributed by atoms with Gasteiger partial charge in [-0.3, -0.25) is 4.79 Å². The SMILES string of the molecule is CCOC(=O)C1=C(COC(=O)c2c(NC(C)=O)sc(C)c2C)NC(=O)N[C@H]1c1ccccc1. The summed E-state index contributed by atoms with van der Waals surface area (Å²) in [6.45, 7) is 6.39. The van der Waals surface area contributed by atoms with Gasteiger partial charge in [-0.05, 0) is 31.9 Å². The zero-order chi connectivity index (χ0) is 24.1. The molecule has 0 spiro atoms. The summed E-state index contributed by atoms with van der Waals surface area (Å²) >= 11 is 1.27. The Bertz CT molecular complexity index is 1120. The summed E-state index contributed by atoms with van der Waals surface area (Å²) in [7, 11) is 0. The summed E-state index contributed by atoms with van der Waals surface area (Å²) in [6, 6.07) is 7.64. The van der Waals surface area contributed by atoms with Crippen LogP contribution in [-0.2, 0) is 19.1 Å². The number of rotatable bonds is 7. The molecule has 0 radical (unpaired) electrons. The van der Waals surface area contributed by atoms with Crippen molar-refractivity contribution in [2.45, 2.75) is 33.7 Å². The van der Waals surface area contributed by atoms with Crippen molar-refractivity contribution in [3.63, 3.8) is 0 Å². The van der Waals surface area contributed by atoms with Gasteiger partial charge in [-0.25, -0.2) is 14.4 Å². The number of nitrogens with one attached hydrogen (secondary N) is 3. The molecule has 1 aromatic heterocycles. The molecular weight excluding hydrogens is 446 g/mol. The molecule has 2 heterocycles. The van der Waals surface area contributed by atoms with Gasteiger partial charge in [-0.2, -0.15) is 0 Å². The minimum Gasteiger partial charge on any atom is -0.463 e. The number of ether oxygens (including phenoxy) is 2. The van der Waals surface area contributed by atoms with Gasteiger partial charge in [0.05, 0.1) is 29.5 Å². The van der Waals surface area contributed by atoms with Crippen LogP contribution in [0.15, 0.2) is 41.6 Å². The third-order valence-corrected chi connectivity index (χ3v) is 6.13. The van der Waals surface area contributed by atoms with Crippen molar-refractivity contribution in [2.24, 2.45) is 0 Å². The Morgan fingerprint density at radius 2 is 1.79 bits per heavy atom. The molecule has 9 nitrogen and oxygen atoms in total. The van der Waals surface area contributed by atoms with Crippen LogP contribution in [0, 0.1) is 13.8 Å². The first-order valence-electron chi connectivity index (χ1n) is 10.3. The fourth-order valence-electron chi connectivity index (χ4n) is 3.41. The minimum absolute atomic E-state index is 0.130. The molecule has 1 aliphatic heterocycles. The quantitative estimate of drug-likeness (QED) is 0.532. The van der Waals surface area contributed by atoms with Crippen molar-refractivity contribution in [3.8, 4) is 0 Å². The molecule has 0 fully saturated rings. The molecule has 3 rings (SSSR count). The number of amides is 3. The van der Waals surface area contributed by atoms with Gasteiger partial charge in [0.1, 0.15) is 11.6 Å². The molecule has 0 saturated heterocycles. The molecule has 1 aromatic carbocycles. The predicted octanol–water partition coefficient (Wildman–Crippen LogP) is 3.35. The van der Waals surface area contributed by atoms with Crippen LogP contribution >= 0.6 is 11.3 Å². The number of urea groups is 1. The molecule has 0 unspecified atom stereocenters. The molecule has 0 bridgehead atoms. The van der Waals surface area contributed by atoms with E-state index in [1.54, 1.807) is 38.1 Å². The van der Waals surface area contributed by atoms with E-state index in [1.165, 1.54) is 18.3 Å². The monoisotopic (exact) mass is 471 g/mol. The Labute approximate surface area is 195 Å². The van der Waals surface area contributed by atoms with E-state index in [4.69, 9.17) is 9.47 Å². The third-order valence-electron chi connectivity index (χ3n) is 5.01. The second kappa shape index (κ2) is 10.3. The van der Waals surface area contributed by atoms with E-state index in [1.807, 2.05) is 13.0 Å². The molecule has 0 aliphatic carbocycles. The lowest BCUT2D eigenvalue weighted by atomic mass is 9.95. The molecule has 2 aromatic rings. The lowest BCUT2D eigenvalue weighted by Crippen LogP contribution is -2.47. The first-order valence-corrected chi connectivity index (χ1v) is 11.1. The Kier molecular flexibility index (Phi) is 7.49. The zero-order valence-electron chi connectivity index (χ0n) is 18.7. The van der Waals surface area contributed by atoms with E-state index in [0.717, 1.165) is 4.88 Å². The minimum atomic E-state index is -0.771. The lowest BCUT2D eigenvalue weighted by molar-refractivity contribution is -0.139. The van der Waals surface area contributed by atoms with Gasteiger partial charge in [-0.15, -0.1) is 11.3 Å². The largest absolute Gasteiger partial charge is 0.463 e. The smallest absolute Gasteiger partial charge is 0.341 e. The number of benzene rings is 1. The highest BCUT2D eigenvalue weighted by molar-refractivity contribution is 7.16. The van der Waals surface area contributed by atoms with Crippen molar-refractivity contribution in [1.29, 1.82) is 0 Å². The highest BCUT2D eigenvalue weighted by Crippen LogP contribution is 2.33. The van der Waals surface area contributed by atoms with Gasteiger partial charge in [0.2, 0.25) is 5.91 Å². The second-order valence-electron chi connectivity index (χ2n) is 7.30. The highest BCUT2D eigenvalue weighted by Gasteiger charge is 2.34. The van der Waals surface area contributed by atoms with E-state index < -0.39 is 24.0 Å². The van der Waals surface area contributed by atoms with Crippen LogP contribution in [0.2, 0.25) is 0 Å². The maximum atomic E-state index is 12.9. The fourth-order valence-corrected chi connectivity index (χ4v) is 4.50. The van der Waals surface area contributed by atoms with Crippen molar-refractivity contribution in [1.82, 2.24) is 10.6 Å². The number of hydrogen-bond donors (Lipinski definition) is 3. The third kappa shape index (κ3) is 5.40. The average molecular weight is 472 g/mol. The second-order valence-corrected chi connectivity index (χ2v) is 8.52. The van der Waals surface area contributed by atoms with Crippen molar-refractivity contribution in [3.05, 3.63) is 63.2 Å². The van der Waals surface area contributed by atoms with Crippen molar-refractivity contribution < 1.29 is 28.7 Å². The maximum absolute atomic E-state index is 12.9. The molecule has 1 atom stereocenters. The Balaban J connectivity index is 1.94. The number of carbonyl (C=O) groups excluding carboxylic acids is 4. The van der Waals surface area contributed by atoms with Gasteiger partial charge < -0.3 is 25.4 Å². The molecule has 3 amide bonds. The van der Waals surface area contributed by atoms with Gasteiger partial charge in [0, 0.05) is 11.8 Å². The summed E-state index contributed by atoms with van der Waals surface area (Å²) in [5, 5.41) is 8.32. The van der Waals surface area contributed by atoms with Crippen LogP contribution in [0.25, 0.3) is 0 Å². The Hall–Kier alpha value is -3.66. The normalized spacial score (nSPS) is 15.4. The molecule has 33 heavy (non-hydrogen) atoms. The fraction of sp³-hybridized carbons (Fsp3) is 0.304. The van der Waals surface area contributed by atoms with E-state index in [0.29, 0.717) is 16.1 Å². The number of hydrogen-bond acceptors (Lipinski definition) is 7. The number of carbonyl (C=O) groups is 4. The lowest BCUT2D eigenvalue weighted by Gasteiger charge is -2.29. The molecule has 3 N–H and O–H groups in total. The number of aryl methyl sites for hydroxylation is 1. The number of thiophene rings is 1. The summed E-state index contributed by atoms with van der Waals surface area (Å²) in [5.41, 5.74) is 1.88. The molecule has 10 heteroatoms. The van der Waals surface area contributed by atoms with Crippen molar-refractivity contribution >= 4 is 40.2 Å². The van der Waals surface area contributed by atoms with E-state index in [-0.39, 0.29) is 36.0 Å². The van der Waals surface area contributed by atoms with Crippen LogP contribution in [0.1, 0.15) is 46.3 Å². The van der Waals surface area contributed by atoms with Crippen LogP contribution in [0.5, 0.6) is 0 Å². The molecule has 0 saturated carbocycles. The van der Waals surface area contributed by atoms with Crippen LogP contribution in [0.3, 0.4) is 0 Å². The van der Waals surface area contributed by atoms with Gasteiger partial charge in [0.15, 0.2) is 0 Å². The van der Waals surface area contributed by atoms with Gasteiger partial charge in [0.25, 0.3) is 0 Å². The summed E-state index contributed by atoms with van der Waals surface area (Å²) in [6.07, 6.45) is 0.